The molecule has 0 saturated carbocycles. The van der Waals surface area contributed by atoms with Crippen molar-refractivity contribution in [1.29, 1.82) is 0 Å². The van der Waals surface area contributed by atoms with Crippen molar-refractivity contribution in [2.45, 2.75) is 46.5 Å². The Morgan fingerprint density at radius 2 is 1.75 bits per heavy atom. The summed E-state index contributed by atoms with van der Waals surface area (Å²) < 4.78 is 5.03. The highest BCUT2D eigenvalue weighted by molar-refractivity contribution is 5.99. The lowest BCUT2D eigenvalue weighted by molar-refractivity contribution is -0.120. The van der Waals surface area contributed by atoms with E-state index in [9.17, 15) is 9.59 Å². The Balaban J connectivity index is 1.92. The molecule has 0 aliphatic carbocycles. The smallest absolute Gasteiger partial charge is 0.225 e. The van der Waals surface area contributed by atoms with E-state index in [0.29, 0.717) is 17.0 Å². The van der Waals surface area contributed by atoms with Crippen molar-refractivity contribution >= 4 is 11.7 Å². The van der Waals surface area contributed by atoms with Gasteiger partial charge in [0.15, 0.2) is 5.78 Å². The van der Waals surface area contributed by atoms with Crippen LogP contribution in [0.15, 0.2) is 28.8 Å². The monoisotopic (exact) mass is 328 g/mol. The van der Waals surface area contributed by atoms with E-state index >= 15 is 0 Å². The Kier molecular flexibility index (Phi) is 5.22. The van der Waals surface area contributed by atoms with Crippen LogP contribution in [0.5, 0.6) is 0 Å². The number of hydrogen-bond acceptors (Lipinski definition) is 4. The normalized spacial score (nSPS) is 11.4. The average Bonchev–Trinajstić information content (AvgIpc) is 2.84. The first kappa shape index (κ1) is 17.9. The molecular formula is C19H24N2O3. The molecule has 2 rings (SSSR count). The molecule has 0 saturated heterocycles. The molecule has 5 nitrogen and oxygen atoms in total. The number of benzene rings is 1. The summed E-state index contributed by atoms with van der Waals surface area (Å²) in [5, 5.41) is 6.48. The average molecular weight is 328 g/mol. The molecule has 0 aliphatic rings. The van der Waals surface area contributed by atoms with Gasteiger partial charge in [0.25, 0.3) is 0 Å². The molecule has 0 atom stereocenters. The maximum atomic E-state index is 12.2. The van der Waals surface area contributed by atoms with Crippen molar-refractivity contribution in [3.8, 4) is 0 Å². The number of aromatic nitrogens is 1. The zero-order valence-electron chi connectivity index (χ0n) is 14.9. The molecule has 1 aromatic carbocycles. The summed E-state index contributed by atoms with van der Waals surface area (Å²) in [6.07, 6.45) is 0.164. The summed E-state index contributed by atoms with van der Waals surface area (Å²) >= 11 is 0. The van der Waals surface area contributed by atoms with Crippen molar-refractivity contribution in [2.24, 2.45) is 0 Å². The topological polar surface area (TPSA) is 72.2 Å². The maximum absolute atomic E-state index is 12.2. The number of ketones is 1. The third-order valence-electron chi connectivity index (χ3n) is 4.04. The third kappa shape index (κ3) is 4.31. The summed E-state index contributed by atoms with van der Waals surface area (Å²) in [4.78, 5) is 24.2. The van der Waals surface area contributed by atoms with Gasteiger partial charge in [-0.2, -0.15) is 0 Å². The van der Waals surface area contributed by atoms with E-state index in [1.54, 1.807) is 13.8 Å². The number of rotatable bonds is 5. The van der Waals surface area contributed by atoms with Gasteiger partial charge in [0, 0.05) is 11.1 Å². The van der Waals surface area contributed by atoms with Gasteiger partial charge in [-0.05, 0) is 24.8 Å². The fourth-order valence-corrected chi connectivity index (χ4v) is 2.41. The number of nitrogens with zero attached hydrogens (tertiary/aromatic N) is 1. The van der Waals surface area contributed by atoms with E-state index in [0.717, 1.165) is 5.56 Å². The molecule has 1 heterocycles. The van der Waals surface area contributed by atoms with Crippen LogP contribution in [0.25, 0.3) is 0 Å². The number of carbonyl (C=O) groups is 2. The van der Waals surface area contributed by atoms with Crippen molar-refractivity contribution < 1.29 is 14.1 Å². The summed E-state index contributed by atoms with van der Waals surface area (Å²) in [5.74, 6) is 0.304. The molecule has 128 valence electrons. The number of carbonyl (C=O) groups excluding carboxylic acids is 2. The molecule has 0 bridgehead atoms. The number of amides is 1. The van der Waals surface area contributed by atoms with Gasteiger partial charge in [-0.3, -0.25) is 9.59 Å². The number of hydrogen-bond donors (Lipinski definition) is 1. The predicted octanol–water partition coefficient (Wildman–Crippen LogP) is 3.13. The SMILES string of the molecule is Cc1noc(C)c1CC(=O)NCC(=O)c1ccc(C(C)(C)C)cc1. The van der Waals surface area contributed by atoms with E-state index in [1.165, 1.54) is 5.56 Å². The third-order valence-corrected chi connectivity index (χ3v) is 4.04. The first-order valence-electron chi connectivity index (χ1n) is 8.00. The van der Waals surface area contributed by atoms with Gasteiger partial charge in [0.2, 0.25) is 5.91 Å². The summed E-state index contributed by atoms with van der Waals surface area (Å²) in [6, 6.07) is 7.53. The fourth-order valence-electron chi connectivity index (χ4n) is 2.41. The van der Waals surface area contributed by atoms with Crippen LogP contribution in [-0.2, 0) is 16.6 Å². The summed E-state index contributed by atoms with van der Waals surface area (Å²) in [5.41, 5.74) is 3.28. The number of Topliss-reactive ketones (excluding diaryl/α,β-unsaturated/α-hetero) is 1. The second-order valence-corrected chi connectivity index (χ2v) is 7.01. The van der Waals surface area contributed by atoms with Gasteiger partial charge in [0.1, 0.15) is 5.76 Å². The number of aryl methyl sites for hydroxylation is 2. The summed E-state index contributed by atoms with van der Waals surface area (Å²) in [6.45, 7) is 9.92. The molecule has 2 aromatic rings. The molecule has 0 spiro atoms. The molecule has 0 fully saturated rings. The highest BCUT2D eigenvalue weighted by Gasteiger charge is 2.16. The Bertz CT molecular complexity index is 717. The number of nitrogens with one attached hydrogen (secondary N) is 1. The Labute approximate surface area is 142 Å². The van der Waals surface area contributed by atoms with Gasteiger partial charge in [-0.15, -0.1) is 0 Å². The molecule has 0 aliphatic heterocycles. The highest BCUT2D eigenvalue weighted by atomic mass is 16.5. The van der Waals surface area contributed by atoms with Crippen LogP contribution < -0.4 is 5.32 Å². The van der Waals surface area contributed by atoms with Crippen molar-refractivity contribution in [1.82, 2.24) is 10.5 Å². The van der Waals surface area contributed by atoms with E-state index < -0.39 is 0 Å². The van der Waals surface area contributed by atoms with Crippen LogP contribution in [0.1, 0.15) is 53.7 Å². The largest absolute Gasteiger partial charge is 0.361 e. The van der Waals surface area contributed by atoms with Gasteiger partial charge in [-0.25, -0.2) is 0 Å². The molecule has 24 heavy (non-hydrogen) atoms. The Morgan fingerprint density at radius 1 is 1.12 bits per heavy atom. The zero-order chi connectivity index (χ0) is 17.9. The zero-order valence-corrected chi connectivity index (χ0v) is 14.9. The molecule has 0 unspecified atom stereocenters. The Morgan fingerprint density at radius 3 is 2.25 bits per heavy atom. The molecule has 1 aromatic heterocycles. The minimum Gasteiger partial charge on any atom is -0.361 e. The van der Waals surface area contributed by atoms with E-state index in [-0.39, 0.29) is 30.1 Å². The molecular weight excluding hydrogens is 304 g/mol. The lowest BCUT2D eigenvalue weighted by Crippen LogP contribution is -2.31. The second-order valence-electron chi connectivity index (χ2n) is 7.01. The lowest BCUT2D eigenvalue weighted by atomic mass is 9.86. The Hall–Kier alpha value is -2.43. The van der Waals surface area contributed by atoms with E-state index in [1.807, 2.05) is 24.3 Å². The standard InChI is InChI=1S/C19H24N2O3/c1-12-16(13(2)24-21-12)10-18(23)20-11-17(22)14-6-8-15(9-7-14)19(3,4)5/h6-9H,10-11H2,1-5H3,(H,20,23). The van der Waals surface area contributed by atoms with Gasteiger partial charge < -0.3 is 9.84 Å². The quantitative estimate of drug-likeness (QED) is 0.856. The van der Waals surface area contributed by atoms with E-state index in [2.05, 4.69) is 31.2 Å². The minimum absolute atomic E-state index is 0.0168. The first-order valence-corrected chi connectivity index (χ1v) is 8.00. The van der Waals surface area contributed by atoms with Crippen molar-refractivity contribution in [3.63, 3.8) is 0 Å². The van der Waals surface area contributed by atoms with Gasteiger partial charge >= 0.3 is 0 Å². The highest BCUT2D eigenvalue weighted by Crippen LogP contribution is 2.22. The van der Waals surface area contributed by atoms with Crippen LogP contribution in [0, 0.1) is 13.8 Å². The van der Waals surface area contributed by atoms with Crippen LogP contribution in [0.3, 0.4) is 0 Å². The first-order chi connectivity index (χ1) is 11.2. The van der Waals surface area contributed by atoms with Crippen LogP contribution in [0.4, 0.5) is 0 Å². The molecule has 1 amide bonds. The van der Waals surface area contributed by atoms with Crippen molar-refractivity contribution in [3.05, 3.63) is 52.4 Å². The van der Waals surface area contributed by atoms with Gasteiger partial charge in [0.05, 0.1) is 18.7 Å². The second kappa shape index (κ2) is 6.99. The summed E-state index contributed by atoms with van der Waals surface area (Å²) in [7, 11) is 0. The van der Waals surface area contributed by atoms with Crippen LogP contribution >= 0.6 is 0 Å². The van der Waals surface area contributed by atoms with Gasteiger partial charge in [-0.1, -0.05) is 50.2 Å². The van der Waals surface area contributed by atoms with Crippen LogP contribution in [-0.4, -0.2) is 23.4 Å². The molecule has 1 N–H and O–H groups in total. The maximum Gasteiger partial charge on any atom is 0.225 e. The fraction of sp³-hybridized carbons (Fsp3) is 0.421. The van der Waals surface area contributed by atoms with Crippen molar-refractivity contribution in [2.75, 3.05) is 6.54 Å². The molecule has 0 radical (unpaired) electrons. The predicted molar refractivity (Wildman–Crippen MR) is 92.2 cm³/mol. The minimum atomic E-state index is -0.218. The molecule has 5 heteroatoms. The van der Waals surface area contributed by atoms with Crippen LogP contribution in [0.2, 0.25) is 0 Å². The van der Waals surface area contributed by atoms with E-state index in [4.69, 9.17) is 4.52 Å². The lowest BCUT2D eigenvalue weighted by Gasteiger charge is -2.19.